The van der Waals surface area contributed by atoms with Crippen molar-refractivity contribution in [1.29, 1.82) is 0 Å². The average Bonchev–Trinajstić information content (AvgIpc) is 3.88. The Morgan fingerprint density at radius 2 is 1.04 bits per heavy atom. The number of furan rings is 2. The fourth-order valence-electron chi connectivity index (χ4n) is 8.23. The van der Waals surface area contributed by atoms with Crippen LogP contribution in [0.5, 0.6) is 0 Å². The predicted octanol–water partition coefficient (Wildman–Crippen LogP) is 13.1. The first kappa shape index (κ1) is 26.5. The normalized spacial score (nSPS) is 12.1. The Morgan fingerprint density at radius 1 is 0.429 bits per heavy atom. The third kappa shape index (κ3) is 3.67. The summed E-state index contributed by atoms with van der Waals surface area (Å²) in [5.41, 5.74) is 10.8. The van der Waals surface area contributed by atoms with Crippen molar-refractivity contribution >= 4 is 76.3 Å². The Kier molecular flexibility index (Phi) is 5.38. The van der Waals surface area contributed by atoms with E-state index < -0.39 is 0 Å². The highest BCUT2D eigenvalue weighted by molar-refractivity contribution is 6.28. The predicted molar refractivity (Wildman–Crippen MR) is 204 cm³/mol. The van der Waals surface area contributed by atoms with Crippen molar-refractivity contribution < 1.29 is 8.83 Å². The number of aromatic nitrogens is 1. The second-order valence-corrected chi connectivity index (χ2v) is 12.8. The second kappa shape index (κ2) is 9.96. The van der Waals surface area contributed by atoms with Gasteiger partial charge in [-0.05, 0) is 92.3 Å². The van der Waals surface area contributed by atoms with Gasteiger partial charge in [-0.15, -0.1) is 0 Å². The number of nitrogens with zero attached hydrogens (tertiary/aromatic N) is 1. The lowest BCUT2D eigenvalue weighted by atomic mass is 9.84. The molecule has 0 N–H and O–H groups in total. The van der Waals surface area contributed by atoms with Crippen LogP contribution in [0.25, 0.3) is 104 Å². The summed E-state index contributed by atoms with van der Waals surface area (Å²) in [4.78, 5) is 0. The molecule has 49 heavy (non-hydrogen) atoms. The third-order valence-electron chi connectivity index (χ3n) is 10.2. The Morgan fingerprint density at radius 3 is 1.80 bits per heavy atom. The lowest BCUT2D eigenvalue weighted by Crippen LogP contribution is -1.93. The van der Waals surface area contributed by atoms with Gasteiger partial charge in [-0.2, -0.15) is 0 Å². The first-order valence-electron chi connectivity index (χ1n) is 16.7. The number of para-hydroxylation sites is 3. The average molecular weight is 626 g/mol. The molecule has 0 aliphatic carbocycles. The van der Waals surface area contributed by atoms with Gasteiger partial charge in [0.2, 0.25) is 0 Å². The number of hydrogen-bond acceptors (Lipinski definition) is 2. The van der Waals surface area contributed by atoms with Crippen molar-refractivity contribution in [3.63, 3.8) is 0 Å². The lowest BCUT2D eigenvalue weighted by Gasteiger charge is -2.18. The molecule has 0 radical (unpaired) electrons. The van der Waals surface area contributed by atoms with Gasteiger partial charge in [0.05, 0.1) is 17.3 Å². The molecule has 3 heterocycles. The van der Waals surface area contributed by atoms with Gasteiger partial charge >= 0.3 is 0 Å². The van der Waals surface area contributed by atoms with E-state index in [-0.39, 0.29) is 0 Å². The van der Waals surface area contributed by atoms with Crippen molar-refractivity contribution in [2.75, 3.05) is 0 Å². The highest BCUT2D eigenvalue weighted by atomic mass is 16.4. The summed E-state index contributed by atoms with van der Waals surface area (Å²) >= 11 is 0. The summed E-state index contributed by atoms with van der Waals surface area (Å²) in [6, 6.07) is 56.7. The van der Waals surface area contributed by atoms with Crippen LogP contribution in [0.15, 0.2) is 173 Å². The number of hydrogen-bond donors (Lipinski definition) is 0. The maximum Gasteiger partial charge on any atom is 0.179 e. The second-order valence-electron chi connectivity index (χ2n) is 12.8. The van der Waals surface area contributed by atoms with E-state index in [1.54, 1.807) is 6.26 Å². The van der Waals surface area contributed by atoms with Crippen LogP contribution in [-0.4, -0.2) is 4.57 Å². The standard InChI is InChI=1S/C46H27NO2/c1-2-12-30(13-3-1)47-39-20-10-8-14-31(39)37-26-28(22-23-40(37)47)42-32-15-4-6-17-34(32)43(35-18-7-5-16-33(35)42)38-27-29-24-25-48-45(29)46-44(38)36-19-9-11-21-41(36)49-46/h1-27H. The van der Waals surface area contributed by atoms with E-state index >= 15 is 0 Å². The summed E-state index contributed by atoms with van der Waals surface area (Å²) in [7, 11) is 0. The van der Waals surface area contributed by atoms with Crippen LogP contribution in [0.2, 0.25) is 0 Å². The Hall–Kier alpha value is -6.58. The van der Waals surface area contributed by atoms with Crippen LogP contribution in [0, 0.1) is 0 Å². The number of fused-ring (bicyclic) bond motifs is 10. The molecule has 0 spiro atoms. The van der Waals surface area contributed by atoms with Crippen LogP contribution in [-0.2, 0) is 0 Å². The molecule has 0 fully saturated rings. The zero-order chi connectivity index (χ0) is 32.1. The van der Waals surface area contributed by atoms with Crippen LogP contribution < -0.4 is 0 Å². The van der Waals surface area contributed by atoms with Gasteiger partial charge in [-0.25, -0.2) is 0 Å². The summed E-state index contributed by atoms with van der Waals surface area (Å²) in [5.74, 6) is 0. The highest BCUT2D eigenvalue weighted by Gasteiger charge is 2.23. The molecule has 11 rings (SSSR count). The monoisotopic (exact) mass is 625 g/mol. The third-order valence-corrected chi connectivity index (χ3v) is 10.2. The molecule has 0 bridgehead atoms. The maximum atomic E-state index is 6.52. The van der Waals surface area contributed by atoms with Crippen molar-refractivity contribution in [2.45, 2.75) is 0 Å². The van der Waals surface area contributed by atoms with Crippen molar-refractivity contribution in [3.8, 4) is 27.9 Å². The molecular weight excluding hydrogens is 599 g/mol. The topological polar surface area (TPSA) is 31.2 Å². The number of rotatable bonds is 3. The van der Waals surface area contributed by atoms with Gasteiger partial charge < -0.3 is 13.4 Å². The molecule has 0 amide bonds. The van der Waals surface area contributed by atoms with E-state index in [2.05, 4.69) is 144 Å². The summed E-state index contributed by atoms with van der Waals surface area (Å²) in [6.07, 6.45) is 1.76. The fourth-order valence-corrected chi connectivity index (χ4v) is 8.23. The Bertz CT molecular complexity index is 3050. The van der Waals surface area contributed by atoms with E-state index in [0.29, 0.717) is 0 Å². The first-order chi connectivity index (χ1) is 24.3. The van der Waals surface area contributed by atoms with Crippen molar-refractivity contribution in [2.24, 2.45) is 0 Å². The number of benzene rings is 8. The summed E-state index contributed by atoms with van der Waals surface area (Å²) in [5, 5.41) is 10.5. The van der Waals surface area contributed by atoms with Gasteiger partial charge in [0, 0.05) is 32.6 Å². The van der Waals surface area contributed by atoms with Crippen LogP contribution in [0.1, 0.15) is 0 Å². The zero-order valence-electron chi connectivity index (χ0n) is 26.4. The van der Waals surface area contributed by atoms with Gasteiger partial charge in [-0.3, -0.25) is 0 Å². The quantitative estimate of drug-likeness (QED) is 0.183. The van der Waals surface area contributed by atoms with Crippen LogP contribution >= 0.6 is 0 Å². The molecule has 3 aromatic heterocycles. The minimum absolute atomic E-state index is 0.781. The molecule has 3 nitrogen and oxygen atoms in total. The molecule has 0 saturated carbocycles. The summed E-state index contributed by atoms with van der Waals surface area (Å²) in [6.45, 7) is 0. The molecule has 11 aromatic rings. The van der Waals surface area contributed by atoms with Gasteiger partial charge in [0.25, 0.3) is 0 Å². The van der Waals surface area contributed by atoms with E-state index in [0.717, 1.165) is 44.2 Å². The molecule has 228 valence electrons. The fraction of sp³-hybridized carbons (Fsp3) is 0. The first-order valence-corrected chi connectivity index (χ1v) is 16.7. The lowest BCUT2D eigenvalue weighted by molar-refractivity contribution is 0.600. The minimum atomic E-state index is 0.781. The summed E-state index contributed by atoms with van der Waals surface area (Å²) < 4.78 is 14.9. The van der Waals surface area contributed by atoms with E-state index in [4.69, 9.17) is 8.83 Å². The van der Waals surface area contributed by atoms with Crippen molar-refractivity contribution in [1.82, 2.24) is 4.57 Å². The molecule has 0 unspecified atom stereocenters. The molecular formula is C46H27NO2. The van der Waals surface area contributed by atoms with Gasteiger partial charge in [0.15, 0.2) is 11.2 Å². The van der Waals surface area contributed by atoms with Gasteiger partial charge in [-0.1, -0.05) is 109 Å². The van der Waals surface area contributed by atoms with E-state index in [1.807, 2.05) is 18.2 Å². The smallest absolute Gasteiger partial charge is 0.179 e. The highest BCUT2D eigenvalue weighted by Crippen LogP contribution is 2.49. The maximum absolute atomic E-state index is 6.52. The molecule has 3 heteroatoms. The zero-order valence-corrected chi connectivity index (χ0v) is 26.4. The minimum Gasteiger partial charge on any atom is -0.460 e. The largest absolute Gasteiger partial charge is 0.460 e. The van der Waals surface area contributed by atoms with Crippen LogP contribution in [0.3, 0.4) is 0 Å². The molecule has 0 aliphatic rings. The molecule has 0 aliphatic heterocycles. The van der Waals surface area contributed by atoms with Gasteiger partial charge in [0.1, 0.15) is 5.58 Å². The molecule has 8 aromatic carbocycles. The van der Waals surface area contributed by atoms with Crippen molar-refractivity contribution in [3.05, 3.63) is 164 Å². The Balaban J connectivity index is 1.26. The SMILES string of the molecule is c1ccc(-n2c3ccccc3c3cc(-c4c5ccccc5c(-c5cc6ccoc6c6oc7ccccc7c56)c5ccccc45)ccc32)cc1. The molecule has 0 atom stereocenters. The Labute approximate surface area is 280 Å². The van der Waals surface area contributed by atoms with E-state index in [9.17, 15) is 0 Å². The molecule has 0 saturated heterocycles. The van der Waals surface area contributed by atoms with E-state index in [1.165, 1.54) is 60.0 Å². The van der Waals surface area contributed by atoms with Crippen LogP contribution in [0.4, 0.5) is 0 Å².